The van der Waals surface area contributed by atoms with Gasteiger partial charge in [-0.1, -0.05) is 20.8 Å². The minimum absolute atomic E-state index is 0.127. The van der Waals surface area contributed by atoms with Crippen molar-refractivity contribution in [3.05, 3.63) is 0 Å². The predicted octanol–water partition coefficient (Wildman–Crippen LogP) is 3.49. The van der Waals surface area contributed by atoms with Crippen molar-refractivity contribution < 1.29 is 18.8 Å². The quantitative estimate of drug-likeness (QED) is 0.601. The number of hydrogen-bond donors (Lipinski definition) is 1. The molecule has 6 heteroatoms. The van der Waals surface area contributed by atoms with Gasteiger partial charge in [0.2, 0.25) is 0 Å². The number of hydrogen-bond acceptors (Lipinski definition) is 4. The maximum Gasteiger partial charge on any atom is 0.408 e. The molecule has 1 N–H and O–H groups in total. The van der Waals surface area contributed by atoms with Crippen LogP contribution in [0.5, 0.6) is 0 Å². The Morgan fingerprint density at radius 2 is 1.71 bits per heavy atom. The van der Waals surface area contributed by atoms with Crippen LogP contribution in [0.4, 0.5) is 4.79 Å². The molecule has 0 aliphatic rings. The number of nitrogens with one attached hydrogen (secondary N) is 1. The standard InChI is InChI=1S/C15H31NO4Si/c1-14(2,3)20-13(18)16-12(11-17)9-10-19-21(7,8)15(4,5)6/h11-12H,9-10H2,1-8H3,(H,16,18)/t12-/m0/s1. The Labute approximate surface area is 129 Å². The molecule has 0 saturated carbocycles. The smallest absolute Gasteiger partial charge is 0.408 e. The van der Waals surface area contributed by atoms with Crippen molar-refractivity contribution in [2.45, 2.75) is 77.7 Å². The average Bonchev–Trinajstić information content (AvgIpc) is 2.23. The normalized spacial score (nSPS) is 14.5. The number of carbonyl (C=O) groups excluding carboxylic acids is 2. The zero-order valence-electron chi connectivity index (χ0n) is 14.7. The molecule has 0 aromatic rings. The van der Waals surface area contributed by atoms with Crippen LogP contribution >= 0.6 is 0 Å². The van der Waals surface area contributed by atoms with Crippen molar-refractivity contribution in [1.29, 1.82) is 0 Å². The number of amides is 1. The molecule has 1 amide bonds. The van der Waals surface area contributed by atoms with E-state index in [0.29, 0.717) is 13.0 Å². The lowest BCUT2D eigenvalue weighted by Crippen LogP contribution is -2.43. The van der Waals surface area contributed by atoms with Gasteiger partial charge >= 0.3 is 6.09 Å². The summed E-state index contributed by atoms with van der Waals surface area (Å²) >= 11 is 0. The molecule has 0 radical (unpaired) electrons. The van der Waals surface area contributed by atoms with Crippen molar-refractivity contribution >= 4 is 20.7 Å². The second kappa shape index (κ2) is 7.40. The Morgan fingerprint density at radius 3 is 2.10 bits per heavy atom. The molecule has 0 bridgehead atoms. The zero-order chi connectivity index (χ0) is 16.9. The molecule has 0 aliphatic carbocycles. The van der Waals surface area contributed by atoms with Gasteiger partial charge in [0.1, 0.15) is 11.9 Å². The first-order chi connectivity index (χ1) is 9.28. The molecule has 0 rings (SSSR count). The summed E-state index contributed by atoms with van der Waals surface area (Å²) in [6.07, 6.45) is 0.598. The molecule has 0 saturated heterocycles. The first-order valence-electron chi connectivity index (χ1n) is 7.37. The van der Waals surface area contributed by atoms with Crippen LogP contribution in [-0.4, -0.2) is 38.9 Å². The van der Waals surface area contributed by atoms with E-state index >= 15 is 0 Å². The van der Waals surface area contributed by atoms with Crippen molar-refractivity contribution in [3.8, 4) is 0 Å². The molecule has 0 unspecified atom stereocenters. The van der Waals surface area contributed by atoms with E-state index in [1.807, 2.05) is 0 Å². The van der Waals surface area contributed by atoms with E-state index in [2.05, 4.69) is 39.2 Å². The summed E-state index contributed by atoms with van der Waals surface area (Å²) in [6, 6.07) is -0.579. The van der Waals surface area contributed by atoms with Gasteiger partial charge in [0.25, 0.3) is 0 Å². The summed E-state index contributed by atoms with van der Waals surface area (Å²) in [5.74, 6) is 0. The van der Waals surface area contributed by atoms with Crippen LogP contribution in [0.2, 0.25) is 18.1 Å². The van der Waals surface area contributed by atoms with Gasteiger partial charge in [0.05, 0.1) is 6.04 Å². The van der Waals surface area contributed by atoms with Gasteiger partial charge in [-0.15, -0.1) is 0 Å². The predicted molar refractivity (Wildman–Crippen MR) is 87.0 cm³/mol. The van der Waals surface area contributed by atoms with E-state index in [-0.39, 0.29) is 5.04 Å². The third-order valence-electron chi connectivity index (χ3n) is 3.56. The highest BCUT2D eigenvalue weighted by atomic mass is 28.4. The molecule has 0 spiro atoms. The maximum absolute atomic E-state index is 11.6. The molecule has 0 aliphatic heterocycles. The summed E-state index contributed by atoms with van der Waals surface area (Å²) in [4.78, 5) is 22.7. The second-order valence-electron chi connectivity index (χ2n) is 7.79. The summed E-state index contributed by atoms with van der Waals surface area (Å²) < 4.78 is 11.1. The van der Waals surface area contributed by atoms with Gasteiger partial charge < -0.3 is 19.3 Å². The first kappa shape index (κ1) is 20.1. The Balaban J connectivity index is 4.30. The molecule has 0 fully saturated rings. The third kappa shape index (κ3) is 8.21. The molecule has 21 heavy (non-hydrogen) atoms. The van der Waals surface area contributed by atoms with Gasteiger partial charge in [-0.05, 0) is 45.3 Å². The SMILES string of the molecule is CC(C)(C)OC(=O)N[C@H](C=O)CCO[Si](C)(C)C(C)(C)C. The summed E-state index contributed by atoms with van der Waals surface area (Å²) in [5, 5.41) is 2.68. The summed E-state index contributed by atoms with van der Waals surface area (Å²) in [6.45, 7) is 16.6. The van der Waals surface area contributed by atoms with Crippen molar-refractivity contribution in [3.63, 3.8) is 0 Å². The minimum atomic E-state index is -1.82. The van der Waals surface area contributed by atoms with Gasteiger partial charge in [-0.25, -0.2) is 4.79 Å². The van der Waals surface area contributed by atoms with E-state index < -0.39 is 26.1 Å². The summed E-state index contributed by atoms with van der Waals surface area (Å²) in [5.41, 5.74) is -0.574. The monoisotopic (exact) mass is 317 g/mol. The van der Waals surface area contributed by atoms with Crippen LogP contribution in [0.25, 0.3) is 0 Å². The first-order valence-corrected chi connectivity index (χ1v) is 10.3. The fraction of sp³-hybridized carbons (Fsp3) is 0.867. The lowest BCUT2D eigenvalue weighted by Gasteiger charge is -2.36. The van der Waals surface area contributed by atoms with Gasteiger partial charge in [0.15, 0.2) is 8.32 Å². The van der Waals surface area contributed by atoms with Crippen molar-refractivity contribution in [2.75, 3.05) is 6.61 Å². The Bertz CT molecular complexity index is 356. The zero-order valence-corrected chi connectivity index (χ0v) is 15.7. The molecule has 0 aromatic carbocycles. The van der Waals surface area contributed by atoms with Crippen LogP contribution in [0.3, 0.4) is 0 Å². The second-order valence-corrected chi connectivity index (χ2v) is 12.6. The van der Waals surface area contributed by atoms with E-state index in [1.54, 1.807) is 20.8 Å². The topological polar surface area (TPSA) is 64.6 Å². The summed E-state index contributed by atoms with van der Waals surface area (Å²) in [7, 11) is -1.82. The van der Waals surface area contributed by atoms with Crippen LogP contribution < -0.4 is 5.32 Å². The average molecular weight is 318 g/mol. The van der Waals surface area contributed by atoms with Gasteiger partial charge in [0, 0.05) is 6.61 Å². The number of carbonyl (C=O) groups is 2. The largest absolute Gasteiger partial charge is 0.444 e. The number of alkyl carbamates (subject to hydrolysis) is 1. The molecule has 124 valence electrons. The van der Waals surface area contributed by atoms with E-state index in [9.17, 15) is 9.59 Å². The lowest BCUT2D eigenvalue weighted by atomic mass is 10.2. The molecular formula is C15H31NO4Si. The lowest BCUT2D eigenvalue weighted by molar-refractivity contribution is -0.109. The highest BCUT2D eigenvalue weighted by molar-refractivity contribution is 6.74. The van der Waals surface area contributed by atoms with E-state index in [0.717, 1.165) is 6.29 Å². The third-order valence-corrected chi connectivity index (χ3v) is 8.10. The number of aldehydes is 1. The van der Waals surface area contributed by atoms with Crippen molar-refractivity contribution in [2.24, 2.45) is 0 Å². The molecule has 1 atom stereocenters. The van der Waals surface area contributed by atoms with Crippen LogP contribution in [0, 0.1) is 0 Å². The number of ether oxygens (including phenoxy) is 1. The van der Waals surface area contributed by atoms with Gasteiger partial charge in [-0.2, -0.15) is 0 Å². The fourth-order valence-electron chi connectivity index (χ4n) is 1.29. The Morgan fingerprint density at radius 1 is 1.19 bits per heavy atom. The highest BCUT2D eigenvalue weighted by Gasteiger charge is 2.37. The Kier molecular flexibility index (Phi) is 7.09. The fourth-order valence-corrected chi connectivity index (χ4v) is 2.35. The minimum Gasteiger partial charge on any atom is -0.444 e. The van der Waals surface area contributed by atoms with Crippen molar-refractivity contribution in [1.82, 2.24) is 5.32 Å². The highest BCUT2D eigenvalue weighted by Crippen LogP contribution is 2.36. The maximum atomic E-state index is 11.6. The molecule has 0 heterocycles. The van der Waals surface area contributed by atoms with Crippen LogP contribution in [0.1, 0.15) is 48.0 Å². The van der Waals surface area contributed by atoms with Gasteiger partial charge in [-0.3, -0.25) is 0 Å². The molecule has 5 nitrogen and oxygen atoms in total. The molecule has 0 aromatic heterocycles. The Hall–Kier alpha value is -0.883. The van der Waals surface area contributed by atoms with E-state index in [4.69, 9.17) is 9.16 Å². The van der Waals surface area contributed by atoms with Crippen LogP contribution in [0.15, 0.2) is 0 Å². The van der Waals surface area contributed by atoms with E-state index in [1.165, 1.54) is 0 Å². The van der Waals surface area contributed by atoms with Crippen LogP contribution in [-0.2, 0) is 14.0 Å². The number of rotatable bonds is 6. The molecular weight excluding hydrogens is 286 g/mol.